The van der Waals surface area contributed by atoms with Crippen LogP contribution in [0.1, 0.15) is 44.2 Å². The first kappa shape index (κ1) is 11.2. The zero-order valence-electron chi connectivity index (χ0n) is 10.4. The molecule has 0 radical (unpaired) electrons. The minimum Gasteiger partial charge on any atom is -0.387 e. The van der Waals surface area contributed by atoms with Crippen molar-refractivity contribution in [2.24, 2.45) is 0 Å². The van der Waals surface area contributed by atoms with Crippen molar-refractivity contribution in [3.05, 3.63) is 35.5 Å². The number of aliphatic hydroxyl groups excluding tert-OH is 1. The molecule has 1 unspecified atom stereocenters. The molecule has 2 rings (SSSR count). The molecule has 0 aliphatic rings. The van der Waals surface area contributed by atoms with Crippen LogP contribution in [-0.2, 0) is 0 Å². The number of aryl methyl sites for hydroxylation is 1. The molecule has 2 heteroatoms. The van der Waals surface area contributed by atoms with Gasteiger partial charge < -0.3 is 9.67 Å². The summed E-state index contributed by atoms with van der Waals surface area (Å²) in [6.07, 6.45) is -0.421. The van der Waals surface area contributed by atoms with Gasteiger partial charge in [-0.05, 0) is 45.9 Å². The van der Waals surface area contributed by atoms with E-state index in [1.54, 1.807) is 0 Å². The molecule has 1 aromatic heterocycles. The number of nitrogens with zero attached hydrogens (tertiary/aromatic N) is 1. The van der Waals surface area contributed by atoms with Gasteiger partial charge in [-0.3, -0.25) is 0 Å². The third kappa shape index (κ3) is 1.74. The zero-order valence-corrected chi connectivity index (χ0v) is 10.4. The normalized spacial score (nSPS) is 13.6. The van der Waals surface area contributed by atoms with E-state index in [1.807, 2.05) is 6.92 Å². The van der Waals surface area contributed by atoms with E-state index in [0.717, 1.165) is 5.69 Å². The van der Waals surface area contributed by atoms with Crippen LogP contribution in [0.25, 0.3) is 10.9 Å². The smallest absolute Gasteiger partial charge is 0.0912 e. The standard InChI is InChI=1S/C14H19NO/c1-9(2)15-13-6-5-10(3)7-12(13)8-14(15)11(4)16/h5-9,11,16H,1-4H3. The molecule has 0 fully saturated rings. The van der Waals surface area contributed by atoms with Crippen molar-refractivity contribution in [1.29, 1.82) is 0 Å². The molecule has 1 N–H and O–H groups in total. The molecule has 0 amide bonds. The van der Waals surface area contributed by atoms with Gasteiger partial charge in [0.05, 0.1) is 6.10 Å². The van der Waals surface area contributed by atoms with Crippen LogP contribution in [0.5, 0.6) is 0 Å². The van der Waals surface area contributed by atoms with Gasteiger partial charge in [0.2, 0.25) is 0 Å². The minimum absolute atomic E-state index is 0.366. The van der Waals surface area contributed by atoms with Gasteiger partial charge >= 0.3 is 0 Å². The van der Waals surface area contributed by atoms with Crippen molar-refractivity contribution < 1.29 is 5.11 Å². The molecular formula is C14H19NO. The maximum Gasteiger partial charge on any atom is 0.0912 e. The maximum absolute atomic E-state index is 9.80. The maximum atomic E-state index is 9.80. The summed E-state index contributed by atoms with van der Waals surface area (Å²) >= 11 is 0. The van der Waals surface area contributed by atoms with Gasteiger partial charge in [0, 0.05) is 22.6 Å². The lowest BCUT2D eigenvalue weighted by Crippen LogP contribution is -2.07. The van der Waals surface area contributed by atoms with Crippen LogP contribution in [0.2, 0.25) is 0 Å². The minimum atomic E-state index is -0.421. The highest BCUT2D eigenvalue weighted by atomic mass is 16.3. The van der Waals surface area contributed by atoms with E-state index in [2.05, 4.69) is 49.6 Å². The lowest BCUT2D eigenvalue weighted by molar-refractivity contribution is 0.188. The van der Waals surface area contributed by atoms with Gasteiger partial charge in [-0.15, -0.1) is 0 Å². The Morgan fingerprint density at radius 3 is 2.38 bits per heavy atom. The number of fused-ring (bicyclic) bond motifs is 1. The Kier molecular flexibility index (Phi) is 2.76. The van der Waals surface area contributed by atoms with Crippen molar-refractivity contribution in [2.45, 2.75) is 39.8 Å². The highest BCUT2D eigenvalue weighted by Gasteiger charge is 2.14. The number of hydrogen-bond acceptors (Lipinski definition) is 1. The summed E-state index contributed by atoms with van der Waals surface area (Å²) in [5.41, 5.74) is 3.46. The first-order valence-corrected chi connectivity index (χ1v) is 5.80. The molecule has 1 heterocycles. The molecule has 86 valence electrons. The highest BCUT2D eigenvalue weighted by molar-refractivity contribution is 5.82. The second-order valence-corrected chi connectivity index (χ2v) is 4.77. The molecular weight excluding hydrogens is 198 g/mol. The van der Waals surface area contributed by atoms with Crippen LogP contribution in [0.15, 0.2) is 24.3 Å². The molecule has 2 aromatic rings. The molecule has 0 saturated heterocycles. The van der Waals surface area contributed by atoms with E-state index in [9.17, 15) is 5.11 Å². The van der Waals surface area contributed by atoms with Crippen molar-refractivity contribution in [2.75, 3.05) is 0 Å². The second-order valence-electron chi connectivity index (χ2n) is 4.77. The molecule has 0 aliphatic carbocycles. The van der Waals surface area contributed by atoms with Gasteiger partial charge in [0.25, 0.3) is 0 Å². The molecule has 16 heavy (non-hydrogen) atoms. The van der Waals surface area contributed by atoms with Crippen LogP contribution in [0.4, 0.5) is 0 Å². The summed E-state index contributed by atoms with van der Waals surface area (Å²) in [4.78, 5) is 0. The van der Waals surface area contributed by atoms with Crippen LogP contribution in [0, 0.1) is 6.92 Å². The second kappa shape index (κ2) is 3.95. The molecule has 0 saturated carbocycles. The number of aromatic nitrogens is 1. The van der Waals surface area contributed by atoms with Gasteiger partial charge in [0.1, 0.15) is 0 Å². The first-order valence-electron chi connectivity index (χ1n) is 5.80. The van der Waals surface area contributed by atoms with E-state index >= 15 is 0 Å². The predicted octanol–water partition coefficient (Wildman–Crippen LogP) is 3.58. The summed E-state index contributed by atoms with van der Waals surface area (Å²) < 4.78 is 2.21. The van der Waals surface area contributed by atoms with Crippen LogP contribution in [-0.4, -0.2) is 9.67 Å². The average molecular weight is 217 g/mol. The third-order valence-electron chi connectivity index (χ3n) is 2.97. The fourth-order valence-electron chi connectivity index (χ4n) is 2.28. The Labute approximate surface area is 96.5 Å². The van der Waals surface area contributed by atoms with Crippen molar-refractivity contribution in [1.82, 2.24) is 4.57 Å². The summed E-state index contributed by atoms with van der Waals surface area (Å²) in [6, 6.07) is 8.88. The number of hydrogen-bond donors (Lipinski definition) is 1. The lowest BCUT2D eigenvalue weighted by atomic mass is 10.2. The monoisotopic (exact) mass is 217 g/mol. The van der Waals surface area contributed by atoms with Gasteiger partial charge in [-0.1, -0.05) is 11.6 Å². The topological polar surface area (TPSA) is 25.2 Å². The number of aliphatic hydroxyl groups is 1. The van der Waals surface area contributed by atoms with Crippen molar-refractivity contribution in [3.8, 4) is 0 Å². The van der Waals surface area contributed by atoms with E-state index in [4.69, 9.17) is 0 Å². The fourth-order valence-corrected chi connectivity index (χ4v) is 2.28. The zero-order chi connectivity index (χ0) is 11.9. The summed E-state index contributed by atoms with van der Waals surface area (Å²) in [5, 5.41) is 11.0. The Morgan fingerprint density at radius 1 is 1.12 bits per heavy atom. The first-order chi connectivity index (χ1) is 7.50. The average Bonchev–Trinajstić information content (AvgIpc) is 2.55. The van der Waals surface area contributed by atoms with Gasteiger partial charge in [-0.25, -0.2) is 0 Å². The van der Waals surface area contributed by atoms with Crippen LogP contribution in [0.3, 0.4) is 0 Å². The number of benzene rings is 1. The Morgan fingerprint density at radius 2 is 1.81 bits per heavy atom. The predicted molar refractivity (Wildman–Crippen MR) is 67.7 cm³/mol. The Bertz CT molecular complexity index is 509. The molecule has 0 spiro atoms. The number of rotatable bonds is 2. The SMILES string of the molecule is Cc1ccc2c(c1)cc(C(C)O)n2C(C)C. The largest absolute Gasteiger partial charge is 0.387 e. The molecule has 2 nitrogen and oxygen atoms in total. The molecule has 0 bridgehead atoms. The fraction of sp³-hybridized carbons (Fsp3) is 0.429. The third-order valence-corrected chi connectivity index (χ3v) is 2.97. The van der Waals surface area contributed by atoms with E-state index in [1.165, 1.54) is 16.5 Å². The van der Waals surface area contributed by atoms with E-state index in [-0.39, 0.29) is 0 Å². The molecule has 1 aromatic carbocycles. The summed E-state index contributed by atoms with van der Waals surface area (Å²) in [6.45, 7) is 8.20. The molecule has 1 atom stereocenters. The Hall–Kier alpha value is -1.28. The van der Waals surface area contributed by atoms with Gasteiger partial charge in [0.15, 0.2) is 0 Å². The van der Waals surface area contributed by atoms with E-state index < -0.39 is 6.10 Å². The van der Waals surface area contributed by atoms with Gasteiger partial charge in [-0.2, -0.15) is 0 Å². The quantitative estimate of drug-likeness (QED) is 0.817. The Balaban J connectivity index is 2.75. The molecule has 0 aliphatic heterocycles. The van der Waals surface area contributed by atoms with Crippen molar-refractivity contribution >= 4 is 10.9 Å². The van der Waals surface area contributed by atoms with Crippen LogP contribution >= 0.6 is 0 Å². The van der Waals surface area contributed by atoms with Crippen LogP contribution < -0.4 is 0 Å². The van der Waals surface area contributed by atoms with E-state index in [0.29, 0.717) is 6.04 Å². The summed E-state index contributed by atoms with van der Waals surface area (Å²) in [7, 11) is 0. The van der Waals surface area contributed by atoms with Crippen molar-refractivity contribution in [3.63, 3.8) is 0 Å². The lowest BCUT2D eigenvalue weighted by Gasteiger charge is -2.16. The highest BCUT2D eigenvalue weighted by Crippen LogP contribution is 2.28. The summed E-state index contributed by atoms with van der Waals surface area (Å²) in [5.74, 6) is 0.